The van der Waals surface area contributed by atoms with E-state index in [1.54, 1.807) is 48.5 Å². The van der Waals surface area contributed by atoms with Crippen molar-refractivity contribution in [3.8, 4) is 0 Å². The zero-order valence-electron chi connectivity index (χ0n) is 14.1. The Kier molecular flexibility index (Phi) is 5.35. The van der Waals surface area contributed by atoms with Gasteiger partial charge in [-0.3, -0.25) is 9.59 Å². The maximum absolute atomic E-state index is 12.7. The summed E-state index contributed by atoms with van der Waals surface area (Å²) in [5.74, 6) is -1.55. The average molecular weight is 390 g/mol. The van der Waals surface area contributed by atoms with Crippen LogP contribution >= 0.6 is 23.2 Å². The Morgan fingerprint density at radius 2 is 1.77 bits per heavy atom. The van der Waals surface area contributed by atoms with Crippen LogP contribution in [0.25, 0.3) is 5.76 Å². The van der Waals surface area contributed by atoms with Gasteiger partial charge in [-0.25, -0.2) is 0 Å². The molecule has 1 aliphatic heterocycles. The van der Waals surface area contributed by atoms with Gasteiger partial charge in [0.05, 0.1) is 11.6 Å². The Balaban J connectivity index is 2.19. The molecule has 2 aromatic rings. The highest BCUT2D eigenvalue weighted by Gasteiger charge is 2.45. The molecule has 3 rings (SSSR count). The fourth-order valence-electron chi connectivity index (χ4n) is 3.13. The molecule has 2 aromatic carbocycles. The van der Waals surface area contributed by atoms with Gasteiger partial charge in [0.1, 0.15) is 5.76 Å². The first-order chi connectivity index (χ1) is 12.4. The maximum Gasteiger partial charge on any atom is 0.295 e. The van der Waals surface area contributed by atoms with Crippen molar-refractivity contribution in [1.82, 2.24) is 4.90 Å². The fourth-order valence-corrected chi connectivity index (χ4v) is 3.45. The van der Waals surface area contributed by atoms with E-state index >= 15 is 0 Å². The SMILES string of the molecule is CCCN1C(=O)C(=O)/C(=C(\O)c2cccc(Cl)c2)C1c1ccc(Cl)cc1. The molecule has 0 bridgehead atoms. The van der Waals surface area contributed by atoms with Gasteiger partial charge in [0.15, 0.2) is 0 Å². The van der Waals surface area contributed by atoms with E-state index in [9.17, 15) is 14.7 Å². The quantitative estimate of drug-likeness (QED) is 0.462. The molecule has 4 nitrogen and oxygen atoms in total. The van der Waals surface area contributed by atoms with Crippen LogP contribution in [-0.4, -0.2) is 28.2 Å². The molecule has 0 aromatic heterocycles. The molecule has 1 saturated heterocycles. The highest BCUT2D eigenvalue weighted by atomic mass is 35.5. The van der Waals surface area contributed by atoms with Crippen molar-refractivity contribution in [1.29, 1.82) is 0 Å². The Morgan fingerprint density at radius 1 is 1.08 bits per heavy atom. The van der Waals surface area contributed by atoms with E-state index in [4.69, 9.17) is 23.2 Å². The van der Waals surface area contributed by atoms with Crippen molar-refractivity contribution in [2.75, 3.05) is 6.54 Å². The van der Waals surface area contributed by atoms with Crippen LogP contribution in [-0.2, 0) is 9.59 Å². The molecule has 0 radical (unpaired) electrons. The van der Waals surface area contributed by atoms with Gasteiger partial charge in [-0.2, -0.15) is 0 Å². The number of carbonyl (C=O) groups is 2. The fraction of sp³-hybridized carbons (Fsp3) is 0.200. The Hall–Kier alpha value is -2.30. The number of likely N-dealkylation sites (tertiary alicyclic amines) is 1. The summed E-state index contributed by atoms with van der Waals surface area (Å²) in [7, 11) is 0. The number of aliphatic hydroxyl groups is 1. The van der Waals surface area contributed by atoms with Gasteiger partial charge >= 0.3 is 0 Å². The summed E-state index contributed by atoms with van der Waals surface area (Å²) >= 11 is 12.0. The number of hydrogen-bond acceptors (Lipinski definition) is 3. The van der Waals surface area contributed by atoms with Crippen LogP contribution in [0.15, 0.2) is 54.1 Å². The molecular weight excluding hydrogens is 373 g/mol. The van der Waals surface area contributed by atoms with Crippen LogP contribution in [0, 0.1) is 0 Å². The molecular formula is C20H17Cl2NO3. The number of hydrogen-bond donors (Lipinski definition) is 1. The van der Waals surface area contributed by atoms with Gasteiger partial charge in [0.25, 0.3) is 11.7 Å². The first kappa shape index (κ1) is 18.5. The van der Waals surface area contributed by atoms with Gasteiger partial charge in [-0.1, -0.05) is 54.4 Å². The molecule has 6 heteroatoms. The lowest BCUT2D eigenvalue weighted by Gasteiger charge is -2.24. The third-order valence-electron chi connectivity index (χ3n) is 4.29. The zero-order chi connectivity index (χ0) is 18.8. The lowest BCUT2D eigenvalue weighted by Crippen LogP contribution is -2.30. The number of nitrogens with zero attached hydrogens (tertiary/aromatic N) is 1. The first-order valence-electron chi connectivity index (χ1n) is 8.24. The average Bonchev–Trinajstić information content (AvgIpc) is 2.87. The van der Waals surface area contributed by atoms with E-state index in [0.717, 1.165) is 0 Å². The minimum atomic E-state index is -0.698. The van der Waals surface area contributed by atoms with Crippen molar-refractivity contribution in [3.05, 3.63) is 75.3 Å². The van der Waals surface area contributed by atoms with Crippen LogP contribution in [0.4, 0.5) is 0 Å². The maximum atomic E-state index is 12.7. The molecule has 1 aliphatic rings. The van der Waals surface area contributed by atoms with Gasteiger partial charge in [-0.05, 0) is 36.2 Å². The number of rotatable bonds is 4. The standard InChI is InChI=1S/C20H17Cl2NO3/c1-2-10-23-17(12-6-8-14(21)9-7-12)16(19(25)20(23)26)18(24)13-4-3-5-15(22)11-13/h3-9,11,17,24H,2,10H2,1H3/b18-16-. The first-order valence-corrected chi connectivity index (χ1v) is 8.99. The van der Waals surface area contributed by atoms with E-state index in [1.807, 2.05) is 6.92 Å². The molecule has 1 N–H and O–H groups in total. The Labute approximate surface area is 161 Å². The second-order valence-electron chi connectivity index (χ2n) is 6.05. The molecule has 134 valence electrons. The summed E-state index contributed by atoms with van der Waals surface area (Å²) in [4.78, 5) is 26.7. The highest BCUT2D eigenvalue weighted by Crippen LogP contribution is 2.39. The van der Waals surface area contributed by atoms with Gasteiger partial charge in [0.2, 0.25) is 0 Å². The van der Waals surface area contributed by atoms with Crippen molar-refractivity contribution >= 4 is 40.7 Å². The minimum Gasteiger partial charge on any atom is -0.507 e. The highest BCUT2D eigenvalue weighted by molar-refractivity contribution is 6.46. The summed E-state index contributed by atoms with van der Waals surface area (Å²) in [5.41, 5.74) is 1.17. The van der Waals surface area contributed by atoms with E-state index in [1.165, 1.54) is 4.90 Å². The number of benzene rings is 2. The molecule has 26 heavy (non-hydrogen) atoms. The number of carbonyl (C=O) groups excluding carboxylic acids is 2. The van der Waals surface area contributed by atoms with Crippen LogP contribution in [0.2, 0.25) is 10.0 Å². The molecule has 0 aliphatic carbocycles. The Morgan fingerprint density at radius 3 is 2.38 bits per heavy atom. The molecule has 1 atom stereocenters. The summed E-state index contributed by atoms with van der Waals surface area (Å²) in [5, 5.41) is 11.8. The Bertz CT molecular complexity index is 890. The van der Waals surface area contributed by atoms with Crippen LogP contribution in [0.3, 0.4) is 0 Å². The van der Waals surface area contributed by atoms with Gasteiger partial charge < -0.3 is 10.0 Å². The minimum absolute atomic E-state index is 0.0630. The molecule has 1 heterocycles. The summed E-state index contributed by atoms with van der Waals surface area (Å²) < 4.78 is 0. The van der Waals surface area contributed by atoms with Crippen molar-refractivity contribution in [2.45, 2.75) is 19.4 Å². The molecule has 1 unspecified atom stereocenters. The van der Waals surface area contributed by atoms with E-state index < -0.39 is 17.7 Å². The van der Waals surface area contributed by atoms with Crippen molar-refractivity contribution in [3.63, 3.8) is 0 Å². The van der Waals surface area contributed by atoms with Crippen LogP contribution < -0.4 is 0 Å². The zero-order valence-corrected chi connectivity index (χ0v) is 15.6. The van der Waals surface area contributed by atoms with Gasteiger partial charge in [-0.15, -0.1) is 0 Å². The summed E-state index contributed by atoms with van der Waals surface area (Å²) in [6.45, 7) is 2.33. The number of aliphatic hydroxyl groups excluding tert-OH is 1. The number of ketones is 1. The van der Waals surface area contributed by atoms with Gasteiger partial charge in [0, 0.05) is 22.2 Å². The smallest absolute Gasteiger partial charge is 0.295 e. The second-order valence-corrected chi connectivity index (χ2v) is 6.93. The topological polar surface area (TPSA) is 57.6 Å². The van der Waals surface area contributed by atoms with E-state index in [-0.39, 0.29) is 11.3 Å². The van der Waals surface area contributed by atoms with Crippen molar-refractivity contribution in [2.24, 2.45) is 0 Å². The second kappa shape index (κ2) is 7.52. The third-order valence-corrected chi connectivity index (χ3v) is 4.78. The number of halogens is 2. The molecule has 1 amide bonds. The van der Waals surface area contributed by atoms with E-state index in [2.05, 4.69) is 0 Å². The lowest BCUT2D eigenvalue weighted by atomic mass is 9.95. The molecule has 1 fully saturated rings. The third kappa shape index (κ3) is 3.35. The molecule has 0 spiro atoms. The van der Waals surface area contributed by atoms with E-state index in [0.29, 0.717) is 34.1 Å². The van der Waals surface area contributed by atoms with Crippen molar-refractivity contribution < 1.29 is 14.7 Å². The largest absolute Gasteiger partial charge is 0.507 e. The van der Waals surface area contributed by atoms with Crippen LogP contribution in [0.1, 0.15) is 30.5 Å². The summed E-state index contributed by atoms with van der Waals surface area (Å²) in [6, 6.07) is 12.8. The normalized spacial score (nSPS) is 19.2. The molecule has 0 saturated carbocycles. The number of Topliss-reactive ketones (excluding diaryl/α,β-unsaturated/α-hetero) is 1. The van der Waals surface area contributed by atoms with Crippen LogP contribution in [0.5, 0.6) is 0 Å². The number of amides is 1. The monoisotopic (exact) mass is 389 g/mol. The predicted molar refractivity (Wildman–Crippen MR) is 102 cm³/mol. The predicted octanol–water partition coefficient (Wildman–Crippen LogP) is 4.83. The lowest BCUT2D eigenvalue weighted by molar-refractivity contribution is -0.139. The summed E-state index contributed by atoms with van der Waals surface area (Å²) in [6.07, 6.45) is 0.689.